The molecule has 3 nitrogen and oxygen atoms in total. The first kappa shape index (κ1) is 11.7. The van der Waals surface area contributed by atoms with E-state index in [1.807, 2.05) is 0 Å². The van der Waals surface area contributed by atoms with Crippen molar-refractivity contribution in [2.75, 3.05) is 19.4 Å². The van der Waals surface area contributed by atoms with Gasteiger partial charge in [0.05, 0.1) is 26.8 Å². The lowest BCUT2D eigenvalue weighted by atomic mass is 10.0. The van der Waals surface area contributed by atoms with Crippen LogP contribution in [0.4, 0.5) is 0 Å². The fraction of sp³-hybridized carbons (Fsp3) is 0.900. The first-order chi connectivity index (χ1) is 6.49. The summed E-state index contributed by atoms with van der Waals surface area (Å²) in [6.07, 6.45) is 2.53. The van der Waals surface area contributed by atoms with Crippen molar-refractivity contribution < 1.29 is 14.3 Å². The van der Waals surface area contributed by atoms with Crippen LogP contribution in [0.1, 0.15) is 12.8 Å². The molecule has 0 aromatic carbocycles. The Morgan fingerprint density at radius 1 is 1.50 bits per heavy atom. The van der Waals surface area contributed by atoms with E-state index in [9.17, 15) is 4.79 Å². The molecular formula is C10H20O3Si. The SMILES string of the molecule is C[Si](C)(C)COC(=O)C1CCCOC1. The lowest BCUT2D eigenvalue weighted by molar-refractivity contribution is -0.151. The van der Waals surface area contributed by atoms with Crippen LogP contribution in [0.2, 0.25) is 19.6 Å². The topological polar surface area (TPSA) is 35.5 Å². The average Bonchev–Trinajstić information content (AvgIpc) is 2.14. The quantitative estimate of drug-likeness (QED) is 0.533. The van der Waals surface area contributed by atoms with E-state index in [1.54, 1.807) is 0 Å². The third kappa shape index (κ3) is 4.24. The fourth-order valence-corrected chi connectivity index (χ4v) is 1.91. The molecule has 0 radical (unpaired) electrons. The highest BCUT2D eigenvalue weighted by Crippen LogP contribution is 2.15. The van der Waals surface area contributed by atoms with Crippen LogP contribution in [0.15, 0.2) is 0 Å². The Bertz CT molecular complexity index is 192. The van der Waals surface area contributed by atoms with E-state index in [1.165, 1.54) is 0 Å². The van der Waals surface area contributed by atoms with Crippen LogP contribution in [0.5, 0.6) is 0 Å². The Kier molecular flexibility index (Phi) is 4.13. The Morgan fingerprint density at radius 3 is 2.71 bits per heavy atom. The minimum Gasteiger partial charge on any atom is -0.469 e. The molecule has 0 aliphatic carbocycles. The fourth-order valence-electron chi connectivity index (χ4n) is 1.33. The predicted octanol–water partition coefficient (Wildman–Crippen LogP) is 1.83. The van der Waals surface area contributed by atoms with Crippen LogP contribution in [0, 0.1) is 5.92 Å². The summed E-state index contributed by atoms with van der Waals surface area (Å²) in [5.41, 5.74) is 0. The van der Waals surface area contributed by atoms with Crippen molar-refractivity contribution in [2.24, 2.45) is 5.92 Å². The van der Waals surface area contributed by atoms with Crippen LogP contribution in [-0.4, -0.2) is 33.5 Å². The maximum absolute atomic E-state index is 11.6. The summed E-state index contributed by atoms with van der Waals surface area (Å²) in [5.74, 6) is -0.0766. The molecule has 1 atom stereocenters. The van der Waals surface area contributed by atoms with Crippen molar-refractivity contribution >= 4 is 14.0 Å². The molecule has 1 aliphatic heterocycles. The van der Waals surface area contributed by atoms with Gasteiger partial charge in [0.1, 0.15) is 0 Å². The first-order valence-electron chi connectivity index (χ1n) is 5.23. The Labute approximate surface area is 86.8 Å². The Morgan fingerprint density at radius 2 is 2.21 bits per heavy atom. The average molecular weight is 216 g/mol. The molecule has 0 saturated carbocycles. The second-order valence-corrected chi connectivity index (χ2v) is 10.5. The lowest BCUT2D eigenvalue weighted by Gasteiger charge is -2.22. The summed E-state index contributed by atoms with van der Waals surface area (Å²) >= 11 is 0. The van der Waals surface area contributed by atoms with E-state index in [4.69, 9.17) is 9.47 Å². The van der Waals surface area contributed by atoms with Crippen LogP contribution in [-0.2, 0) is 14.3 Å². The summed E-state index contributed by atoms with van der Waals surface area (Å²) in [6, 6.07) is 0. The van der Waals surface area contributed by atoms with Crippen molar-refractivity contribution in [1.29, 1.82) is 0 Å². The van der Waals surface area contributed by atoms with Crippen molar-refractivity contribution in [3.8, 4) is 0 Å². The third-order valence-electron chi connectivity index (χ3n) is 2.14. The van der Waals surface area contributed by atoms with E-state index >= 15 is 0 Å². The number of carbonyl (C=O) groups is 1. The Balaban J connectivity index is 2.27. The number of ether oxygens (including phenoxy) is 2. The predicted molar refractivity (Wildman–Crippen MR) is 57.8 cm³/mol. The van der Waals surface area contributed by atoms with Gasteiger partial charge >= 0.3 is 5.97 Å². The van der Waals surface area contributed by atoms with Crippen LogP contribution < -0.4 is 0 Å². The highest BCUT2D eigenvalue weighted by Gasteiger charge is 2.25. The van der Waals surface area contributed by atoms with Gasteiger partial charge in [-0.1, -0.05) is 19.6 Å². The van der Waals surface area contributed by atoms with Gasteiger partial charge in [0, 0.05) is 6.61 Å². The van der Waals surface area contributed by atoms with Crippen molar-refractivity contribution in [3.63, 3.8) is 0 Å². The van der Waals surface area contributed by atoms with Crippen LogP contribution >= 0.6 is 0 Å². The molecule has 1 heterocycles. The van der Waals surface area contributed by atoms with E-state index in [2.05, 4.69) is 19.6 Å². The molecule has 0 aromatic rings. The molecule has 1 saturated heterocycles. The first-order valence-corrected chi connectivity index (χ1v) is 8.94. The molecule has 0 spiro atoms. The number of carbonyl (C=O) groups excluding carboxylic acids is 1. The molecule has 0 amide bonds. The molecule has 0 aromatic heterocycles. The summed E-state index contributed by atoms with van der Waals surface area (Å²) in [4.78, 5) is 11.6. The number of rotatable bonds is 3. The van der Waals surface area contributed by atoms with E-state index in [0.29, 0.717) is 12.8 Å². The summed E-state index contributed by atoms with van der Waals surface area (Å²) in [6.45, 7) is 7.91. The molecule has 82 valence electrons. The van der Waals surface area contributed by atoms with Gasteiger partial charge in [-0.3, -0.25) is 4.79 Å². The maximum atomic E-state index is 11.6. The molecule has 0 bridgehead atoms. The lowest BCUT2D eigenvalue weighted by Crippen LogP contribution is -2.34. The maximum Gasteiger partial charge on any atom is 0.310 e. The Hall–Kier alpha value is -0.353. The largest absolute Gasteiger partial charge is 0.469 e. The number of esters is 1. The van der Waals surface area contributed by atoms with Gasteiger partial charge in [-0.25, -0.2) is 0 Å². The van der Waals surface area contributed by atoms with E-state index in [0.717, 1.165) is 19.4 Å². The second-order valence-electron chi connectivity index (χ2n) is 5.08. The summed E-state index contributed by atoms with van der Waals surface area (Å²) in [5, 5.41) is 0. The summed E-state index contributed by atoms with van der Waals surface area (Å²) in [7, 11) is -1.27. The standard InChI is InChI=1S/C10H20O3Si/c1-14(2,3)8-13-10(11)9-5-4-6-12-7-9/h9H,4-8H2,1-3H3. The van der Waals surface area contributed by atoms with Gasteiger partial charge in [0.25, 0.3) is 0 Å². The van der Waals surface area contributed by atoms with Crippen molar-refractivity contribution in [3.05, 3.63) is 0 Å². The zero-order valence-corrected chi connectivity index (χ0v) is 10.3. The van der Waals surface area contributed by atoms with Crippen molar-refractivity contribution in [2.45, 2.75) is 32.5 Å². The van der Waals surface area contributed by atoms with Gasteiger partial charge in [-0.05, 0) is 12.8 Å². The van der Waals surface area contributed by atoms with Crippen LogP contribution in [0.25, 0.3) is 0 Å². The minimum atomic E-state index is -1.27. The molecule has 1 fully saturated rings. The van der Waals surface area contributed by atoms with Gasteiger partial charge in [-0.2, -0.15) is 0 Å². The van der Waals surface area contributed by atoms with Gasteiger partial charge < -0.3 is 9.47 Å². The van der Waals surface area contributed by atoms with Gasteiger partial charge in [0.15, 0.2) is 0 Å². The molecule has 14 heavy (non-hydrogen) atoms. The highest BCUT2D eigenvalue weighted by molar-refractivity contribution is 6.76. The number of hydrogen-bond acceptors (Lipinski definition) is 3. The monoisotopic (exact) mass is 216 g/mol. The van der Waals surface area contributed by atoms with E-state index < -0.39 is 8.07 Å². The van der Waals surface area contributed by atoms with Crippen molar-refractivity contribution in [1.82, 2.24) is 0 Å². The smallest absolute Gasteiger partial charge is 0.310 e. The molecular weight excluding hydrogens is 196 g/mol. The molecule has 1 rings (SSSR count). The molecule has 1 unspecified atom stereocenters. The second kappa shape index (κ2) is 4.93. The third-order valence-corrected chi connectivity index (χ3v) is 3.15. The van der Waals surface area contributed by atoms with Gasteiger partial charge in [0.2, 0.25) is 0 Å². The summed E-state index contributed by atoms with van der Waals surface area (Å²) < 4.78 is 10.5. The van der Waals surface area contributed by atoms with E-state index in [-0.39, 0.29) is 11.9 Å². The normalized spacial score (nSPS) is 23.2. The number of hydrogen-bond donors (Lipinski definition) is 0. The highest BCUT2D eigenvalue weighted by atomic mass is 28.3. The molecule has 4 heteroatoms. The zero-order valence-electron chi connectivity index (χ0n) is 9.34. The van der Waals surface area contributed by atoms with Crippen LogP contribution in [0.3, 0.4) is 0 Å². The zero-order chi connectivity index (χ0) is 10.6. The molecule has 1 aliphatic rings. The minimum absolute atomic E-state index is 0.0138. The molecule has 0 N–H and O–H groups in total. The van der Waals surface area contributed by atoms with Gasteiger partial charge in [-0.15, -0.1) is 0 Å².